The largest absolute Gasteiger partial charge is 0.478 e. The van der Waals surface area contributed by atoms with Crippen LogP contribution in [0.25, 0.3) is 0 Å². The van der Waals surface area contributed by atoms with Crippen molar-refractivity contribution in [2.75, 3.05) is 18.2 Å². The van der Waals surface area contributed by atoms with Crippen molar-refractivity contribution in [3.8, 4) is 0 Å². The zero-order chi connectivity index (χ0) is 21.6. The van der Waals surface area contributed by atoms with Crippen molar-refractivity contribution in [3.63, 3.8) is 0 Å². The topological polar surface area (TPSA) is 92.9 Å². The van der Waals surface area contributed by atoms with Crippen LogP contribution in [0, 0.1) is 5.82 Å². The molecule has 0 fully saturated rings. The van der Waals surface area contributed by atoms with Gasteiger partial charge in [0.2, 0.25) is 0 Å². The molecule has 0 spiro atoms. The molecule has 0 unspecified atom stereocenters. The van der Waals surface area contributed by atoms with Gasteiger partial charge in [-0.3, -0.25) is 9.36 Å². The highest BCUT2D eigenvalue weighted by Gasteiger charge is 2.20. The van der Waals surface area contributed by atoms with Gasteiger partial charge in [-0.25, -0.2) is 18.0 Å². The minimum atomic E-state index is -2.70. The first-order valence-corrected chi connectivity index (χ1v) is 9.45. The quantitative estimate of drug-likeness (QED) is 0.360. The zero-order valence-corrected chi connectivity index (χ0v) is 16.3. The van der Waals surface area contributed by atoms with Crippen LogP contribution in [0.15, 0.2) is 39.1 Å². The third-order valence-electron chi connectivity index (χ3n) is 3.83. The van der Waals surface area contributed by atoms with E-state index in [0.29, 0.717) is 4.90 Å². The molecule has 1 aromatic heterocycles. The van der Waals surface area contributed by atoms with Crippen molar-refractivity contribution in [2.24, 2.45) is 12.2 Å². The zero-order valence-electron chi connectivity index (χ0n) is 15.5. The SMILES string of the molecule is CSc1ccc(Nc2c(C(=O)O)c(C/C=N/OCC(F)F)cc(=O)n2C)c(F)c1. The molecule has 0 aliphatic heterocycles. The Bertz CT molecular complexity index is 980. The van der Waals surface area contributed by atoms with Crippen LogP contribution >= 0.6 is 11.8 Å². The van der Waals surface area contributed by atoms with E-state index in [0.717, 1.165) is 16.8 Å². The molecule has 2 N–H and O–H groups in total. The summed E-state index contributed by atoms with van der Waals surface area (Å²) in [5.41, 5.74) is -0.767. The molecule has 156 valence electrons. The summed E-state index contributed by atoms with van der Waals surface area (Å²) >= 11 is 1.34. The monoisotopic (exact) mass is 429 g/mol. The minimum absolute atomic E-state index is 0.00798. The van der Waals surface area contributed by atoms with Crippen LogP contribution in [-0.2, 0) is 18.3 Å². The predicted octanol–water partition coefficient (Wildman–Crippen LogP) is 3.50. The third-order valence-corrected chi connectivity index (χ3v) is 4.55. The van der Waals surface area contributed by atoms with Gasteiger partial charge in [0, 0.05) is 30.6 Å². The van der Waals surface area contributed by atoms with E-state index >= 15 is 0 Å². The molecular weight excluding hydrogens is 411 g/mol. The summed E-state index contributed by atoms with van der Waals surface area (Å²) in [6.45, 7) is -0.906. The second-order valence-electron chi connectivity index (χ2n) is 5.75. The van der Waals surface area contributed by atoms with Crippen LogP contribution in [0.4, 0.5) is 24.7 Å². The van der Waals surface area contributed by atoms with E-state index in [2.05, 4.69) is 15.3 Å². The first kappa shape index (κ1) is 22.3. The number of carboxylic acid groups (broad SMARTS) is 1. The number of oxime groups is 1. The van der Waals surface area contributed by atoms with E-state index < -0.39 is 30.4 Å². The smallest absolute Gasteiger partial charge is 0.339 e. The molecule has 0 amide bonds. The maximum Gasteiger partial charge on any atom is 0.339 e. The number of pyridine rings is 1. The third kappa shape index (κ3) is 5.76. The lowest BCUT2D eigenvalue weighted by atomic mass is 10.1. The van der Waals surface area contributed by atoms with Crippen LogP contribution in [0.2, 0.25) is 0 Å². The van der Waals surface area contributed by atoms with Gasteiger partial charge in [-0.05, 0) is 30.0 Å². The number of nitrogens with zero attached hydrogens (tertiary/aromatic N) is 2. The molecule has 1 aromatic carbocycles. The molecule has 1 heterocycles. The normalized spacial score (nSPS) is 11.2. The summed E-state index contributed by atoms with van der Waals surface area (Å²) in [5.74, 6) is -2.10. The molecule has 11 heteroatoms. The van der Waals surface area contributed by atoms with Crippen molar-refractivity contribution in [1.82, 2.24) is 4.57 Å². The number of hydrogen-bond acceptors (Lipinski definition) is 6. The van der Waals surface area contributed by atoms with Crippen LogP contribution in [0.1, 0.15) is 15.9 Å². The standard InChI is InChI=1S/C18H18F3N3O4S/c1-24-15(25)7-10(5-6-22-28-9-14(20)21)16(18(26)27)17(24)23-13-4-3-11(29-2)8-12(13)19/h3-4,6-8,14,23H,5,9H2,1-2H3,(H,26,27)/b22-6+. The minimum Gasteiger partial charge on any atom is -0.478 e. The molecule has 0 saturated carbocycles. The van der Waals surface area contributed by atoms with Gasteiger partial charge in [-0.15, -0.1) is 11.8 Å². The predicted molar refractivity (Wildman–Crippen MR) is 104 cm³/mol. The number of nitrogens with one attached hydrogen (secondary N) is 1. The number of alkyl halides is 2. The van der Waals surface area contributed by atoms with Gasteiger partial charge >= 0.3 is 5.97 Å². The number of rotatable bonds is 9. The van der Waals surface area contributed by atoms with E-state index in [1.54, 1.807) is 12.3 Å². The molecule has 0 atom stereocenters. The summed E-state index contributed by atoms with van der Waals surface area (Å²) < 4.78 is 39.4. The molecule has 0 bridgehead atoms. The second kappa shape index (κ2) is 10.0. The summed E-state index contributed by atoms with van der Waals surface area (Å²) in [5, 5.41) is 15.6. The van der Waals surface area contributed by atoms with E-state index in [-0.39, 0.29) is 29.1 Å². The van der Waals surface area contributed by atoms with Gasteiger partial charge in [0.15, 0.2) is 6.61 Å². The lowest BCUT2D eigenvalue weighted by Gasteiger charge is -2.17. The van der Waals surface area contributed by atoms with Gasteiger partial charge < -0.3 is 15.3 Å². The van der Waals surface area contributed by atoms with E-state index in [9.17, 15) is 27.9 Å². The van der Waals surface area contributed by atoms with Crippen LogP contribution < -0.4 is 10.9 Å². The Morgan fingerprint density at radius 2 is 2.14 bits per heavy atom. The molecule has 0 aliphatic rings. The molecule has 0 radical (unpaired) electrons. The Morgan fingerprint density at radius 1 is 1.41 bits per heavy atom. The number of aromatic nitrogens is 1. The maximum absolute atomic E-state index is 14.3. The highest BCUT2D eigenvalue weighted by atomic mass is 32.2. The van der Waals surface area contributed by atoms with E-state index in [4.69, 9.17) is 0 Å². The van der Waals surface area contributed by atoms with E-state index in [1.165, 1.54) is 30.9 Å². The fourth-order valence-electron chi connectivity index (χ4n) is 2.43. The number of carbonyl (C=O) groups is 1. The van der Waals surface area contributed by atoms with Crippen LogP contribution in [0.3, 0.4) is 0 Å². The summed E-state index contributed by atoms with van der Waals surface area (Å²) in [6, 6.07) is 5.44. The average Bonchev–Trinajstić information content (AvgIpc) is 2.66. The average molecular weight is 429 g/mol. The molecule has 0 aliphatic carbocycles. The Hall–Kier alpha value is -2.95. The Morgan fingerprint density at radius 3 is 2.72 bits per heavy atom. The van der Waals surface area contributed by atoms with E-state index in [1.807, 2.05) is 0 Å². The van der Waals surface area contributed by atoms with Crippen molar-refractivity contribution >= 4 is 35.5 Å². The lowest BCUT2D eigenvalue weighted by molar-refractivity contribution is 0.0207. The summed E-state index contributed by atoms with van der Waals surface area (Å²) in [7, 11) is 1.34. The summed E-state index contributed by atoms with van der Waals surface area (Å²) in [6.07, 6.45) is -0.0106. The number of halogens is 3. The molecule has 0 saturated heterocycles. The number of hydrogen-bond donors (Lipinski definition) is 2. The highest BCUT2D eigenvalue weighted by molar-refractivity contribution is 7.98. The van der Waals surface area contributed by atoms with Crippen molar-refractivity contribution in [1.29, 1.82) is 0 Å². The Kier molecular flexibility index (Phi) is 7.71. The summed E-state index contributed by atoms with van der Waals surface area (Å²) in [4.78, 5) is 29.1. The van der Waals surface area contributed by atoms with Gasteiger partial charge in [-0.2, -0.15) is 0 Å². The van der Waals surface area contributed by atoms with Gasteiger partial charge in [-0.1, -0.05) is 5.16 Å². The number of aromatic carboxylic acids is 1. The van der Waals surface area contributed by atoms with Gasteiger partial charge in [0.1, 0.15) is 17.2 Å². The number of benzene rings is 1. The number of thioether (sulfide) groups is 1. The first-order valence-electron chi connectivity index (χ1n) is 8.23. The molecular formula is C18H18F3N3O4S. The molecule has 7 nitrogen and oxygen atoms in total. The van der Waals surface area contributed by atoms with Gasteiger partial charge in [0.25, 0.3) is 12.0 Å². The molecule has 2 rings (SSSR count). The van der Waals surface area contributed by atoms with Gasteiger partial charge in [0.05, 0.1) is 5.69 Å². The number of carboxylic acids is 1. The van der Waals surface area contributed by atoms with Crippen LogP contribution in [-0.4, -0.2) is 41.1 Å². The maximum atomic E-state index is 14.3. The lowest BCUT2D eigenvalue weighted by Crippen LogP contribution is -2.24. The first-order chi connectivity index (χ1) is 13.7. The Balaban J connectivity index is 2.42. The molecule has 29 heavy (non-hydrogen) atoms. The van der Waals surface area contributed by atoms with Crippen molar-refractivity contribution in [3.05, 3.63) is 51.6 Å². The van der Waals surface area contributed by atoms with Crippen molar-refractivity contribution < 1.29 is 27.9 Å². The fraction of sp³-hybridized carbons (Fsp3) is 0.278. The fourth-order valence-corrected chi connectivity index (χ4v) is 2.86. The van der Waals surface area contributed by atoms with Crippen LogP contribution in [0.5, 0.6) is 0 Å². The second-order valence-corrected chi connectivity index (χ2v) is 6.62. The Labute approximate surface area is 168 Å². The highest BCUT2D eigenvalue weighted by Crippen LogP contribution is 2.27. The number of anilines is 2. The molecule has 2 aromatic rings. The van der Waals surface area contributed by atoms with Crippen molar-refractivity contribution in [2.45, 2.75) is 17.7 Å².